The predicted molar refractivity (Wildman–Crippen MR) is 79.1 cm³/mol. The fourth-order valence-electron chi connectivity index (χ4n) is 1.69. The number of thiophene rings is 1. The number of nitrogens with one attached hydrogen (secondary N) is 1. The molecule has 0 saturated carbocycles. The van der Waals surface area contributed by atoms with Crippen LogP contribution in [0.15, 0.2) is 23.6 Å². The van der Waals surface area contributed by atoms with Crippen molar-refractivity contribution in [2.75, 3.05) is 18.5 Å². The van der Waals surface area contributed by atoms with Gasteiger partial charge >= 0.3 is 0 Å². The van der Waals surface area contributed by atoms with Crippen LogP contribution in [-0.2, 0) is 12.8 Å². The minimum Gasteiger partial charge on any atom is -0.477 e. The van der Waals surface area contributed by atoms with Crippen molar-refractivity contribution in [3.63, 3.8) is 0 Å². The molecule has 0 aliphatic heterocycles. The standard InChI is InChI=1S/C14H19N3OS/c1-3-12-16-13(15-4-2)10-14(17-12)18-8-7-11-6-5-9-19-11/h5-6,9-10H,3-4,7-8H2,1-2H3,(H,15,16,17). The third-order valence-electron chi connectivity index (χ3n) is 2.60. The molecular weight excluding hydrogens is 258 g/mol. The van der Waals surface area contributed by atoms with Crippen LogP contribution in [-0.4, -0.2) is 23.1 Å². The van der Waals surface area contributed by atoms with E-state index in [1.165, 1.54) is 4.88 Å². The van der Waals surface area contributed by atoms with Gasteiger partial charge in [0.05, 0.1) is 6.61 Å². The number of aromatic nitrogens is 2. The lowest BCUT2D eigenvalue weighted by atomic mass is 10.4. The minimum absolute atomic E-state index is 0.645. The second-order valence-corrected chi connectivity index (χ2v) is 5.10. The van der Waals surface area contributed by atoms with Crippen LogP contribution in [0.2, 0.25) is 0 Å². The molecule has 2 aromatic rings. The van der Waals surface area contributed by atoms with E-state index in [9.17, 15) is 0 Å². The Hall–Kier alpha value is -1.62. The summed E-state index contributed by atoms with van der Waals surface area (Å²) in [5.41, 5.74) is 0. The van der Waals surface area contributed by atoms with Crippen molar-refractivity contribution in [2.24, 2.45) is 0 Å². The molecule has 0 amide bonds. The van der Waals surface area contributed by atoms with Crippen molar-refractivity contribution in [1.82, 2.24) is 9.97 Å². The van der Waals surface area contributed by atoms with Gasteiger partial charge in [0.15, 0.2) is 0 Å². The largest absolute Gasteiger partial charge is 0.477 e. The van der Waals surface area contributed by atoms with E-state index < -0.39 is 0 Å². The molecule has 4 nitrogen and oxygen atoms in total. The highest BCUT2D eigenvalue weighted by atomic mass is 32.1. The van der Waals surface area contributed by atoms with Crippen molar-refractivity contribution in [2.45, 2.75) is 26.7 Å². The summed E-state index contributed by atoms with van der Waals surface area (Å²) in [7, 11) is 0. The van der Waals surface area contributed by atoms with Crippen LogP contribution in [0, 0.1) is 0 Å². The second-order valence-electron chi connectivity index (χ2n) is 4.07. The Labute approximate surface area is 117 Å². The van der Waals surface area contributed by atoms with E-state index in [4.69, 9.17) is 4.74 Å². The lowest BCUT2D eigenvalue weighted by Gasteiger charge is -2.09. The fraction of sp³-hybridized carbons (Fsp3) is 0.429. The summed E-state index contributed by atoms with van der Waals surface area (Å²) < 4.78 is 5.72. The first-order valence-corrected chi connectivity index (χ1v) is 7.46. The van der Waals surface area contributed by atoms with Gasteiger partial charge in [-0.3, -0.25) is 0 Å². The predicted octanol–water partition coefficient (Wildman–Crippen LogP) is 3.15. The highest BCUT2D eigenvalue weighted by molar-refractivity contribution is 7.09. The topological polar surface area (TPSA) is 47.0 Å². The van der Waals surface area contributed by atoms with Gasteiger partial charge < -0.3 is 10.1 Å². The number of aryl methyl sites for hydroxylation is 1. The molecule has 0 atom stereocenters. The summed E-state index contributed by atoms with van der Waals surface area (Å²) in [5, 5.41) is 5.28. The van der Waals surface area contributed by atoms with E-state index in [-0.39, 0.29) is 0 Å². The molecule has 2 rings (SSSR count). The van der Waals surface area contributed by atoms with E-state index >= 15 is 0 Å². The molecule has 19 heavy (non-hydrogen) atoms. The maximum atomic E-state index is 5.72. The van der Waals surface area contributed by atoms with Crippen LogP contribution in [0.5, 0.6) is 5.88 Å². The van der Waals surface area contributed by atoms with Crippen molar-refractivity contribution in [3.05, 3.63) is 34.3 Å². The van der Waals surface area contributed by atoms with Crippen molar-refractivity contribution < 1.29 is 4.74 Å². The molecule has 0 aliphatic carbocycles. The van der Waals surface area contributed by atoms with Gasteiger partial charge in [-0.25, -0.2) is 4.98 Å². The molecule has 2 heterocycles. The van der Waals surface area contributed by atoms with Crippen LogP contribution in [0.25, 0.3) is 0 Å². The number of anilines is 1. The van der Waals surface area contributed by atoms with Gasteiger partial charge in [0.1, 0.15) is 11.6 Å². The summed E-state index contributed by atoms with van der Waals surface area (Å²) in [6, 6.07) is 6.04. The van der Waals surface area contributed by atoms with Crippen LogP contribution < -0.4 is 10.1 Å². The van der Waals surface area contributed by atoms with Crippen molar-refractivity contribution in [3.8, 4) is 5.88 Å². The molecule has 0 spiro atoms. The average molecular weight is 277 g/mol. The maximum absolute atomic E-state index is 5.72. The summed E-state index contributed by atoms with van der Waals surface area (Å²) in [6.45, 7) is 5.58. The van der Waals surface area contributed by atoms with Gasteiger partial charge in [0, 0.05) is 30.3 Å². The smallest absolute Gasteiger partial charge is 0.218 e. The van der Waals surface area contributed by atoms with E-state index in [1.54, 1.807) is 11.3 Å². The van der Waals surface area contributed by atoms with Crippen molar-refractivity contribution in [1.29, 1.82) is 0 Å². The molecule has 102 valence electrons. The fourth-order valence-corrected chi connectivity index (χ4v) is 2.38. The minimum atomic E-state index is 0.645. The number of rotatable bonds is 7. The van der Waals surface area contributed by atoms with Gasteiger partial charge in [0.25, 0.3) is 0 Å². The average Bonchev–Trinajstić information content (AvgIpc) is 2.92. The van der Waals surface area contributed by atoms with Gasteiger partial charge in [-0.15, -0.1) is 11.3 Å². The first-order chi connectivity index (χ1) is 9.31. The van der Waals surface area contributed by atoms with Crippen molar-refractivity contribution >= 4 is 17.2 Å². The monoisotopic (exact) mass is 277 g/mol. The third-order valence-corrected chi connectivity index (χ3v) is 3.54. The van der Waals surface area contributed by atoms with Gasteiger partial charge in [0.2, 0.25) is 5.88 Å². The summed E-state index contributed by atoms with van der Waals surface area (Å²) >= 11 is 1.75. The van der Waals surface area contributed by atoms with E-state index in [2.05, 4.69) is 32.8 Å². The quantitative estimate of drug-likeness (QED) is 0.844. The Morgan fingerprint density at radius 2 is 2.21 bits per heavy atom. The molecule has 0 aromatic carbocycles. The van der Waals surface area contributed by atoms with E-state index in [0.717, 1.165) is 31.0 Å². The maximum Gasteiger partial charge on any atom is 0.218 e. The molecule has 0 saturated heterocycles. The Morgan fingerprint density at radius 3 is 2.89 bits per heavy atom. The lowest BCUT2D eigenvalue weighted by Crippen LogP contribution is -2.07. The molecular formula is C14H19N3OS. The lowest BCUT2D eigenvalue weighted by molar-refractivity contribution is 0.309. The zero-order chi connectivity index (χ0) is 13.5. The SMILES string of the molecule is CCNc1cc(OCCc2cccs2)nc(CC)n1. The normalized spacial score (nSPS) is 10.4. The van der Waals surface area contributed by atoms with Gasteiger partial charge in [-0.2, -0.15) is 4.98 Å². The molecule has 2 aromatic heterocycles. The Kier molecular flexibility index (Phi) is 5.15. The molecule has 0 bridgehead atoms. The first-order valence-electron chi connectivity index (χ1n) is 6.58. The summed E-state index contributed by atoms with van der Waals surface area (Å²) in [5.74, 6) is 2.30. The molecule has 1 N–H and O–H groups in total. The molecule has 0 unspecified atom stereocenters. The molecule has 0 fully saturated rings. The Bertz CT molecular complexity index is 499. The molecule has 0 aliphatic rings. The zero-order valence-corrected chi connectivity index (χ0v) is 12.2. The molecule has 5 heteroatoms. The third kappa shape index (κ3) is 4.21. The van der Waals surface area contributed by atoms with Crippen LogP contribution in [0.4, 0.5) is 5.82 Å². The molecule has 0 radical (unpaired) electrons. The number of hydrogen-bond acceptors (Lipinski definition) is 5. The Balaban J connectivity index is 1.96. The Morgan fingerprint density at radius 1 is 1.32 bits per heavy atom. The van der Waals surface area contributed by atoms with Gasteiger partial charge in [-0.05, 0) is 18.4 Å². The summed E-state index contributed by atoms with van der Waals surface area (Å²) in [4.78, 5) is 10.1. The second kappa shape index (κ2) is 7.09. The van der Waals surface area contributed by atoms with Crippen LogP contribution in [0.3, 0.4) is 0 Å². The first kappa shape index (κ1) is 13.8. The van der Waals surface area contributed by atoms with Crippen LogP contribution in [0.1, 0.15) is 24.5 Å². The van der Waals surface area contributed by atoms with E-state index in [0.29, 0.717) is 12.5 Å². The highest BCUT2D eigenvalue weighted by Gasteiger charge is 2.04. The number of ether oxygens (including phenoxy) is 1. The van der Waals surface area contributed by atoms with Crippen LogP contribution >= 0.6 is 11.3 Å². The highest BCUT2D eigenvalue weighted by Crippen LogP contribution is 2.15. The zero-order valence-electron chi connectivity index (χ0n) is 11.3. The van der Waals surface area contributed by atoms with Gasteiger partial charge in [-0.1, -0.05) is 13.0 Å². The number of nitrogens with zero attached hydrogens (tertiary/aromatic N) is 2. The van der Waals surface area contributed by atoms with E-state index in [1.807, 2.05) is 19.9 Å². The summed E-state index contributed by atoms with van der Waals surface area (Å²) in [6.07, 6.45) is 1.72. The number of hydrogen-bond donors (Lipinski definition) is 1.